The predicted molar refractivity (Wildman–Crippen MR) is 96.5 cm³/mol. The lowest BCUT2D eigenvalue weighted by atomic mass is 9.86. The molecule has 23 heavy (non-hydrogen) atoms. The van der Waals surface area contributed by atoms with E-state index in [0.717, 1.165) is 49.5 Å². The van der Waals surface area contributed by atoms with Crippen LogP contribution in [0.25, 0.3) is 0 Å². The monoisotopic (exact) mass is 344 g/mol. The summed E-state index contributed by atoms with van der Waals surface area (Å²) in [6.45, 7) is 7.43. The van der Waals surface area contributed by atoms with Gasteiger partial charge in [0, 0.05) is 24.9 Å². The third-order valence-corrected chi connectivity index (χ3v) is 6.29. The summed E-state index contributed by atoms with van der Waals surface area (Å²) in [6, 6.07) is 0. The Morgan fingerprint density at radius 3 is 2.70 bits per heavy atom. The van der Waals surface area contributed by atoms with Crippen molar-refractivity contribution in [2.24, 2.45) is 10.9 Å². The second kappa shape index (κ2) is 9.16. The summed E-state index contributed by atoms with van der Waals surface area (Å²) in [5.41, 5.74) is 0.906. The molecule has 0 atom stereocenters. The van der Waals surface area contributed by atoms with Crippen LogP contribution in [-0.2, 0) is 0 Å². The largest absolute Gasteiger partial charge is 0.297 e. The van der Waals surface area contributed by atoms with Gasteiger partial charge in [-0.15, -0.1) is 11.8 Å². The molecule has 5 heteroatoms. The molecule has 2 aliphatic rings. The van der Waals surface area contributed by atoms with E-state index in [2.05, 4.69) is 16.6 Å². The van der Waals surface area contributed by atoms with E-state index in [0.29, 0.717) is 0 Å². The molecule has 1 aliphatic heterocycles. The molecule has 0 spiro atoms. The van der Waals surface area contributed by atoms with Crippen LogP contribution >= 0.6 is 11.8 Å². The number of thioether (sulfide) groups is 1. The molecule has 1 saturated carbocycles. The molecule has 1 aliphatic carbocycles. The first kappa shape index (κ1) is 18.9. The quantitative estimate of drug-likeness (QED) is 0.551. The highest BCUT2D eigenvalue weighted by Gasteiger charge is 2.25. The van der Waals surface area contributed by atoms with Crippen molar-refractivity contribution in [3.05, 3.63) is 10.6 Å². The van der Waals surface area contributed by atoms with Crippen LogP contribution in [0, 0.1) is 5.92 Å². The van der Waals surface area contributed by atoms with Crippen LogP contribution < -0.4 is 0 Å². The van der Waals surface area contributed by atoms with Crippen LogP contribution in [0.15, 0.2) is 15.6 Å². The van der Waals surface area contributed by atoms with Crippen molar-refractivity contribution in [3.8, 4) is 0 Å². The van der Waals surface area contributed by atoms with Gasteiger partial charge in [0.1, 0.15) is 0 Å². The third-order valence-electron chi connectivity index (χ3n) is 4.85. The molecule has 132 valence electrons. The molecule has 0 unspecified atom stereocenters. The van der Waals surface area contributed by atoms with E-state index in [1.54, 1.807) is 0 Å². The predicted octanol–water partition coefficient (Wildman–Crippen LogP) is 5.35. The molecule has 0 radical (unpaired) electrons. The Kier molecular flexibility index (Phi) is 7.54. The molecular formula is C18H30F2N2S. The molecule has 0 amide bonds. The van der Waals surface area contributed by atoms with Crippen LogP contribution in [-0.4, -0.2) is 42.9 Å². The lowest BCUT2D eigenvalue weighted by Crippen LogP contribution is -2.32. The first-order valence-corrected chi connectivity index (χ1v) is 9.88. The van der Waals surface area contributed by atoms with Crippen molar-refractivity contribution in [1.29, 1.82) is 0 Å². The van der Waals surface area contributed by atoms with Gasteiger partial charge in [-0.05, 0) is 38.4 Å². The lowest BCUT2D eigenvalue weighted by molar-refractivity contribution is 0.0493. The zero-order valence-corrected chi connectivity index (χ0v) is 15.1. The normalized spacial score (nSPS) is 21.7. The molecule has 2 rings (SSSR count). The van der Waals surface area contributed by atoms with Crippen LogP contribution in [0.4, 0.5) is 8.78 Å². The van der Waals surface area contributed by atoms with Gasteiger partial charge in [0.25, 0.3) is 5.92 Å². The second-order valence-electron chi connectivity index (χ2n) is 7.06. The van der Waals surface area contributed by atoms with E-state index < -0.39 is 5.92 Å². The van der Waals surface area contributed by atoms with Crippen LogP contribution in [0.3, 0.4) is 0 Å². The Bertz CT molecular complexity index is 412. The van der Waals surface area contributed by atoms with Gasteiger partial charge in [0.2, 0.25) is 0 Å². The summed E-state index contributed by atoms with van der Waals surface area (Å²) in [5, 5.41) is 0. The van der Waals surface area contributed by atoms with E-state index in [-0.39, 0.29) is 5.75 Å². The minimum absolute atomic E-state index is 0.164. The molecule has 0 bridgehead atoms. The van der Waals surface area contributed by atoms with Crippen LogP contribution in [0.2, 0.25) is 0 Å². The van der Waals surface area contributed by atoms with Crippen molar-refractivity contribution in [1.82, 2.24) is 4.90 Å². The second-order valence-corrected chi connectivity index (χ2v) is 8.13. The Balaban J connectivity index is 1.74. The number of aliphatic imine (C=N–C) groups is 1. The highest BCUT2D eigenvalue weighted by atomic mass is 32.2. The Hall–Kier alpha value is -0.420. The standard InChI is InChI=1S/C18H30F2N2S/c1-18(19,20)14-23-17-10-12-22(13-16(17)21-2)11-6-9-15-7-4-3-5-8-15/h15H,2-14H2,1H3. The maximum Gasteiger partial charge on any atom is 0.254 e. The first-order chi connectivity index (χ1) is 11.0. The van der Waals surface area contributed by atoms with Gasteiger partial charge in [-0.2, -0.15) is 0 Å². The van der Waals surface area contributed by atoms with Crippen molar-refractivity contribution >= 4 is 18.5 Å². The topological polar surface area (TPSA) is 15.6 Å². The smallest absolute Gasteiger partial charge is 0.254 e. The molecule has 0 saturated heterocycles. The molecular weight excluding hydrogens is 314 g/mol. The number of hydrogen-bond donors (Lipinski definition) is 0. The molecule has 2 nitrogen and oxygen atoms in total. The van der Waals surface area contributed by atoms with Crippen molar-refractivity contribution in [2.45, 2.75) is 64.2 Å². The fourth-order valence-corrected chi connectivity index (χ4v) is 4.52. The molecule has 0 aromatic heterocycles. The van der Waals surface area contributed by atoms with Crippen LogP contribution in [0.1, 0.15) is 58.3 Å². The van der Waals surface area contributed by atoms with Crippen molar-refractivity contribution in [2.75, 3.05) is 25.4 Å². The highest BCUT2D eigenvalue weighted by Crippen LogP contribution is 2.33. The number of halogens is 2. The highest BCUT2D eigenvalue weighted by molar-refractivity contribution is 8.03. The van der Waals surface area contributed by atoms with Gasteiger partial charge in [-0.3, -0.25) is 9.89 Å². The van der Waals surface area contributed by atoms with Crippen molar-refractivity contribution < 1.29 is 8.78 Å². The van der Waals surface area contributed by atoms with Gasteiger partial charge in [-0.25, -0.2) is 8.78 Å². The number of alkyl halides is 2. The molecule has 1 fully saturated rings. The van der Waals surface area contributed by atoms with E-state index in [1.807, 2.05) is 0 Å². The third kappa shape index (κ3) is 6.92. The van der Waals surface area contributed by atoms with Crippen molar-refractivity contribution in [3.63, 3.8) is 0 Å². The van der Waals surface area contributed by atoms with Gasteiger partial charge >= 0.3 is 0 Å². The van der Waals surface area contributed by atoms with Gasteiger partial charge in [0.15, 0.2) is 0 Å². The fraction of sp³-hybridized carbons (Fsp3) is 0.833. The van der Waals surface area contributed by atoms with E-state index in [4.69, 9.17) is 0 Å². The van der Waals surface area contributed by atoms with Gasteiger partial charge in [-0.1, -0.05) is 32.1 Å². The Labute approximate surface area is 143 Å². The summed E-state index contributed by atoms with van der Waals surface area (Å²) >= 11 is 1.25. The molecule has 0 aromatic carbocycles. The zero-order valence-electron chi connectivity index (χ0n) is 14.3. The van der Waals surface area contributed by atoms with Gasteiger partial charge < -0.3 is 0 Å². The summed E-state index contributed by atoms with van der Waals surface area (Å²) < 4.78 is 26.1. The number of hydrogen-bond acceptors (Lipinski definition) is 3. The number of rotatable bonds is 8. The van der Waals surface area contributed by atoms with E-state index >= 15 is 0 Å². The first-order valence-electron chi connectivity index (χ1n) is 8.89. The average molecular weight is 345 g/mol. The molecule has 0 aromatic rings. The van der Waals surface area contributed by atoms with E-state index in [9.17, 15) is 8.78 Å². The summed E-state index contributed by atoms with van der Waals surface area (Å²) in [5.74, 6) is -1.86. The van der Waals surface area contributed by atoms with E-state index in [1.165, 1.54) is 56.7 Å². The lowest BCUT2D eigenvalue weighted by Gasteiger charge is -2.30. The van der Waals surface area contributed by atoms with Gasteiger partial charge in [0.05, 0.1) is 11.4 Å². The average Bonchev–Trinajstić information content (AvgIpc) is 2.53. The minimum Gasteiger partial charge on any atom is -0.297 e. The zero-order chi connectivity index (χ0) is 16.7. The SMILES string of the molecule is C=NC1=C(SCC(C)(F)F)CCN(CCCC2CCCCC2)C1. The Morgan fingerprint density at radius 2 is 2.04 bits per heavy atom. The Morgan fingerprint density at radius 1 is 1.30 bits per heavy atom. The van der Waals surface area contributed by atoms with Crippen LogP contribution in [0.5, 0.6) is 0 Å². The minimum atomic E-state index is -2.62. The number of nitrogens with zero attached hydrogens (tertiary/aromatic N) is 2. The summed E-state index contributed by atoms with van der Waals surface area (Å²) in [4.78, 5) is 7.51. The summed E-state index contributed by atoms with van der Waals surface area (Å²) in [6.07, 6.45) is 10.5. The maximum absolute atomic E-state index is 13.0. The molecule has 0 N–H and O–H groups in total. The fourth-order valence-electron chi connectivity index (χ4n) is 3.56. The summed E-state index contributed by atoms with van der Waals surface area (Å²) in [7, 11) is 0. The maximum atomic E-state index is 13.0. The molecule has 1 heterocycles.